The number of ketones is 1. The Labute approximate surface area is 79.3 Å². The van der Waals surface area contributed by atoms with E-state index in [0.29, 0.717) is 11.0 Å². The van der Waals surface area contributed by atoms with Crippen molar-refractivity contribution in [3.8, 4) is 0 Å². The fraction of sp³-hybridized carbons (Fsp3) is 0. The molecule has 2 aromatic heterocycles. The van der Waals surface area contributed by atoms with Gasteiger partial charge in [-0.25, -0.2) is 0 Å². The van der Waals surface area contributed by atoms with Crippen molar-refractivity contribution in [1.82, 2.24) is 9.97 Å². The maximum absolute atomic E-state index is 11.7. The van der Waals surface area contributed by atoms with Crippen LogP contribution in [-0.2, 0) is 0 Å². The molecule has 0 bridgehead atoms. The summed E-state index contributed by atoms with van der Waals surface area (Å²) in [5.41, 5.74) is 0.914. The van der Waals surface area contributed by atoms with Crippen molar-refractivity contribution in [2.45, 2.75) is 0 Å². The highest BCUT2D eigenvalue weighted by Gasteiger charge is 2.09. The topological polar surface area (TPSA) is 65.7 Å². The average molecular weight is 188 g/mol. The molecule has 0 amide bonds. The van der Waals surface area contributed by atoms with E-state index in [0.717, 1.165) is 6.08 Å². The predicted molar refractivity (Wildman–Crippen MR) is 53.4 cm³/mol. The van der Waals surface area contributed by atoms with Gasteiger partial charge in [-0.2, -0.15) is 0 Å². The summed E-state index contributed by atoms with van der Waals surface area (Å²) < 4.78 is 0. The minimum Gasteiger partial charge on any atom is -0.359 e. The molecule has 0 aromatic carbocycles. The molecule has 0 saturated carbocycles. The van der Waals surface area contributed by atoms with Gasteiger partial charge in [-0.15, -0.1) is 0 Å². The number of H-pyrrole nitrogens is 2. The zero-order chi connectivity index (χ0) is 10.1. The van der Waals surface area contributed by atoms with Crippen LogP contribution in [0.4, 0.5) is 0 Å². The van der Waals surface area contributed by atoms with Crippen molar-refractivity contribution in [3.63, 3.8) is 0 Å². The quantitative estimate of drug-likeness (QED) is 0.549. The van der Waals surface area contributed by atoms with Crippen molar-refractivity contribution in [2.24, 2.45) is 0 Å². The number of allylic oxidation sites excluding steroid dienone is 1. The lowest BCUT2D eigenvalue weighted by atomic mass is 10.1. The number of nitrogens with one attached hydrogen (secondary N) is 2. The summed E-state index contributed by atoms with van der Waals surface area (Å²) in [5, 5.41) is 0. The van der Waals surface area contributed by atoms with Crippen LogP contribution < -0.4 is 5.43 Å². The van der Waals surface area contributed by atoms with Gasteiger partial charge in [0.15, 0.2) is 5.78 Å². The standard InChI is InChI=1S/C10H8N2O2/c1-2-8(13)6-5-12-7-3-4-11-9(7)10(6)14/h2-5,11H,1H2,(H,12,14). The summed E-state index contributed by atoms with van der Waals surface area (Å²) in [6.07, 6.45) is 4.17. The number of rotatable bonds is 2. The van der Waals surface area contributed by atoms with E-state index in [-0.39, 0.29) is 16.8 Å². The van der Waals surface area contributed by atoms with Crippen molar-refractivity contribution >= 4 is 16.8 Å². The highest BCUT2D eigenvalue weighted by Crippen LogP contribution is 2.05. The molecule has 4 heteroatoms. The van der Waals surface area contributed by atoms with Crippen LogP contribution in [0, 0.1) is 0 Å². The second-order valence-corrected chi connectivity index (χ2v) is 2.87. The lowest BCUT2D eigenvalue weighted by molar-refractivity contribution is 0.104. The highest BCUT2D eigenvalue weighted by atomic mass is 16.1. The van der Waals surface area contributed by atoms with E-state index in [1.165, 1.54) is 6.20 Å². The SMILES string of the molecule is C=CC(=O)c1c[nH]c2cc[nH]c2c1=O. The molecular formula is C10H8N2O2. The summed E-state index contributed by atoms with van der Waals surface area (Å²) in [4.78, 5) is 28.6. The first kappa shape index (κ1) is 8.50. The Morgan fingerprint density at radius 3 is 2.93 bits per heavy atom. The smallest absolute Gasteiger partial charge is 0.216 e. The third-order valence-corrected chi connectivity index (χ3v) is 2.04. The number of hydrogen-bond acceptors (Lipinski definition) is 2. The molecule has 0 atom stereocenters. The molecular weight excluding hydrogens is 180 g/mol. The number of fused-ring (bicyclic) bond motifs is 1. The van der Waals surface area contributed by atoms with Crippen LogP contribution in [0.3, 0.4) is 0 Å². The van der Waals surface area contributed by atoms with Gasteiger partial charge < -0.3 is 9.97 Å². The van der Waals surface area contributed by atoms with Gasteiger partial charge in [-0.3, -0.25) is 9.59 Å². The fourth-order valence-electron chi connectivity index (χ4n) is 1.32. The van der Waals surface area contributed by atoms with Gasteiger partial charge >= 0.3 is 0 Å². The molecule has 70 valence electrons. The molecule has 0 spiro atoms. The lowest BCUT2D eigenvalue weighted by Gasteiger charge is -1.95. The molecule has 2 aromatic rings. The summed E-state index contributed by atoms with van der Waals surface area (Å²) in [6.45, 7) is 3.33. The van der Waals surface area contributed by atoms with E-state index < -0.39 is 0 Å². The third-order valence-electron chi connectivity index (χ3n) is 2.04. The van der Waals surface area contributed by atoms with Crippen molar-refractivity contribution < 1.29 is 4.79 Å². The molecule has 2 N–H and O–H groups in total. The zero-order valence-corrected chi connectivity index (χ0v) is 7.33. The van der Waals surface area contributed by atoms with Crippen LogP contribution in [0.25, 0.3) is 11.0 Å². The van der Waals surface area contributed by atoms with E-state index in [2.05, 4.69) is 16.5 Å². The first-order valence-corrected chi connectivity index (χ1v) is 4.09. The van der Waals surface area contributed by atoms with E-state index in [9.17, 15) is 9.59 Å². The van der Waals surface area contributed by atoms with Gasteiger partial charge in [0, 0.05) is 12.4 Å². The first-order valence-electron chi connectivity index (χ1n) is 4.09. The van der Waals surface area contributed by atoms with Crippen LogP contribution in [0.2, 0.25) is 0 Å². The molecule has 4 nitrogen and oxygen atoms in total. The van der Waals surface area contributed by atoms with Gasteiger partial charge in [0.05, 0.1) is 11.1 Å². The number of aromatic amines is 2. The van der Waals surface area contributed by atoms with Crippen molar-refractivity contribution in [1.29, 1.82) is 0 Å². The van der Waals surface area contributed by atoms with Crippen LogP contribution in [-0.4, -0.2) is 15.8 Å². The van der Waals surface area contributed by atoms with Crippen LogP contribution in [0.1, 0.15) is 10.4 Å². The molecule has 2 heterocycles. The van der Waals surface area contributed by atoms with E-state index >= 15 is 0 Å². The number of aromatic nitrogens is 2. The van der Waals surface area contributed by atoms with Gasteiger partial charge in [0.25, 0.3) is 0 Å². The van der Waals surface area contributed by atoms with Gasteiger partial charge in [0.2, 0.25) is 5.43 Å². The van der Waals surface area contributed by atoms with Crippen molar-refractivity contribution in [3.05, 3.63) is 46.9 Å². The number of hydrogen-bond donors (Lipinski definition) is 2. The van der Waals surface area contributed by atoms with Gasteiger partial charge in [-0.05, 0) is 12.1 Å². The molecule has 0 radical (unpaired) electrons. The Balaban J connectivity index is 2.80. The summed E-state index contributed by atoms with van der Waals surface area (Å²) in [5.74, 6) is -0.372. The Bertz CT molecular complexity index is 563. The van der Waals surface area contributed by atoms with Crippen LogP contribution >= 0.6 is 0 Å². The number of pyridine rings is 1. The maximum atomic E-state index is 11.7. The zero-order valence-electron chi connectivity index (χ0n) is 7.33. The molecule has 0 fully saturated rings. The third kappa shape index (κ3) is 1.08. The molecule has 0 unspecified atom stereocenters. The van der Waals surface area contributed by atoms with Crippen LogP contribution in [0.5, 0.6) is 0 Å². The molecule has 0 saturated heterocycles. The van der Waals surface area contributed by atoms with Gasteiger partial charge in [-0.1, -0.05) is 6.58 Å². The second kappa shape index (κ2) is 2.99. The minimum absolute atomic E-state index is 0.106. The Morgan fingerprint density at radius 1 is 1.43 bits per heavy atom. The Hall–Kier alpha value is -2.10. The maximum Gasteiger partial charge on any atom is 0.216 e. The summed E-state index contributed by atoms with van der Waals surface area (Å²) in [6, 6.07) is 1.74. The van der Waals surface area contributed by atoms with E-state index in [1.54, 1.807) is 12.3 Å². The molecule has 0 aliphatic heterocycles. The van der Waals surface area contributed by atoms with Crippen LogP contribution in [0.15, 0.2) is 35.9 Å². The molecule has 0 aliphatic carbocycles. The lowest BCUT2D eigenvalue weighted by Crippen LogP contribution is -2.14. The van der Waals surface area contributed by atoms with E-state index in [1.807, 2.05) is 0 Å². The second-order valence-electron chi connectivity index (χ2n) is 2.87. The minimum atomic E-state index is -0.372. The van der Waals surface area contributed by atoms with Crippen molar-refractivity contribution in [2.75, 3.05) is 0 Å². The first-order chi connectivity index (χ1) is 6.74. The molecule has 0 aliphatic rings. The number of carbonyl (C=O) groups excluding carboxylic acids is 1. The molecule has 2 rings (SSSR count). The average Bonchev–Trinajstić information content (AvgIpc) is 2.66. The molecule has 14 heavy (non-hydrogen) atoms. The number of carbonyl (C=O) groups is 1. The largest absolute Gasteiger partial charge is 0.359 e. The highest BCUT2D eigenvalue weighted by molar-refractivity contribution is 6.05. The summed E-state index contributed by atoms with van der Waals surface area (Å²) >= 11 is 0. The Kier molecular flexibility index (Phi) is 1.81. The Morgan fingerprint density at radius 2 is 2.21 bits per heavy atom. The predicted octanol–water partition coefficient (Wildman–Crippen LogP) is 1.22. The monoisotopic (exact) mass is 188 g/mol. The van der Waals surface area contributed by atoms with Gasteiger partial charge in [0.1, 0.15) is 5.52 Å². The van der Waals surface area contributed by atoms with E-state index in [4.69, 9.17) is 0 Å². The fourth-order valence-corrected chi connectivity index (χ4v) is 1.32. The normalized spacial score (nSPS) is 10.3. The summed E-state index contributed by atoms with van der Waals surface area (Å²) in [7, 11) is 0.